The molecule has 18 heavy (non-hydrogen) atoms. The molecule has 98 valence electrons. The number of halogens is 1. The van der Waals surface area contributed by atoms with Crippen LogP contribution in [0.4, 0.5) is 11.4 Å². The summed E-state index contributed by atoms with van der Waals surface area (Å²) in [4.78, 5) is 13.7. The van der Waals surface area contributed by atoms with E-state index in [2.05, 4.69) is 21.2 Å². The number of amides is 1. The van der Waals surface area contributed by atoms with Gasteiger partial charge in [0.05, 0.1) is 12.2 Å². The molecule has 1 fully saturated rings. The van der Waals surface area contributed by atoms with Crippen molar-refractivity contribution in [3.05, 3.63) is 22.2 Å². The Hall–Kier alpha value is -1.23. The number of hydrogen-bond donors (Lipinski definition) is 2. The predicted octanol–water partition coefficient (Wildman–Crippen LogP) is 2.05. The Balaban J connectivity index is 2.05. The van der Waals surface area contributed by atoms with E-state index in [1.54, 1.807) is 0 Å². The predicted molar refractivity (Wildman–Crippen MR) is 77.7 cm³/mol. The van der Waals surface area contributed by atoms with Gasteiger partial charge in [0.15, 0.2) is 0 Å². The summed E-state index contributed by atoms with van der Waals surface area (Å²) in [7, 11) is 1.90. The van der Waals surface area contributed by atoms with Gasteiger partial charge in [-0.2, -0.15) is 0 Å². The third kappa shape index (κ3) is 3.16. The molecule has 2 rings (SSSR count). The molecule has 0 atom stereocenters. The molecular formula is C13H18BrN3O. The average Bonchev–Trinajstić information content (AvgIpc) is 3.06. The van der Waals surface area contributed by atoms with E-state index in [0.29, 0.717) is 12.6 Å². The number of nitrogens with two attached hydrogens (primary N) is 1. The number of hydrogen-bond acceptors (Lipinski definition) is 3. The van der Waals surface area contributed by atoms with E-state index >= 15 is 0 Å². The SMILES string of the molecule is Cc1cc(N(C)CC(=O)NC2CC2)c(Br)cc1N. The van der Waals surface area contributed by atoms with Gasteiger partial charge in [-0.05, 0) is 53.4 Å². The van der Waals surface area contributed by atoms with E-state index in [1.807, 2.05) is 31.0 Å². The number of aryl methyl sites for hydroxylation is 1. The van der Waals surface area contributed by atoms with Crippen LogP contribution >= 0.6 is 15.9 Å². The molecule has 4 nitrogen and oxygen atoms in total. The Bertz CT molecular complexity index is 472. The molecule has 0 bridgehead atoms. The zero-order valence-corrected chi connectivity index (χ0v) is 12.3. The lowest BCUT2D eigenvalue weighted by Gasteiger charge is -2.21. The molecule has 1 amide bonds. The second-order valence-corrected chi connectivity index (χ2v) is 5.71. The van der Waals surface area contributed by atoms with E-state index in [1.165, 1.54) is 0 Å². The maximum atomic E-state index is 11.7. The summed E-state index contributed by atoms with van der Waals surface area (Å²) in [5, 5.41) is 2.98. The third-order valence-corrected chi connectivity index (χ3v) is 3.71. The maximum absolute atomic E-state index is 11.7. The van der Waals surface area contributed by atoms with Crippen molar-refractivity contribution in [1.82, 2.24) is 5.32 Å². The zero-order valence-electron chi connectivity index (χ0n) is 10.7. The number of likely N-dealkylation sites (N-methyl/N-ethyl adjacent to an activating group) is 1. The first-order chi connectivity index (χ1) is 8.47. The van der Waals surface area contributed by atoms with Crippen LogP contribution in [-0.2, 0) is 4.79 Å². The van der Waals surface area contributed by atoms with Crippen molar-refractivity contribution in [2.45, 2.75) is 25.8 Å². The van der Waals surface area contributed by atoms with Gasteiger partial charge in [0, 0.05) is 23.2 Å². The van der Waals surface area contributed by atoms with Gasteiger partial charge in [0.2, 0.25) is 5.91 Å². The molecule has 1 aliphatic carbocycles. The van der Waals surface area contributed by atoms with Gasteiger partial charge >= 0.3 is 0 Å². The Morgan fingerprint density at radius 1 is 1.56 bits per heavy atom. The van der Waals surface area contributed by atoms with Crippen LogP contribution in [0.2, 0.25) is 0 Å². The number of carbonyl (C=O) groups excluding carboxylic acids is 1. The minimum atomic E-state index is 0.0707. The van der Waals surface area contributed by atoms with Crippen LogP contribution in [0.25, 0.3) is 0 Å². The zero-order chi connectivity index (χ0) is 13.3. The molecule has 3 N–H and O–H groups in total. The van der Waals surface area contributed by atoms with Crippen molar-refractivity contribution >= 4 is 33.2 Å². The number of anilines is 2. The molecule has 0 aliphatic heterocycles. The molecular weight excluding hydrogens is 294 g/mol. The average molecular weight is 312 g/mol. The van der Waals surface area contributed by atoms with Crippen LogP contribution in [0.15, 0.2) is 16.6 Å². The molecule has 5 heteroatoms. The topological polar surface area (TPSA) is 58.4 Å². The number of rotatable bonds is 4. The lowest BCUT2D eigenvalue weighted by molar-refractivity contribution is -0.119. The van der Waals surface area contributed by atoms with Crippen LogP contribution in [0.1, 0.15) is 18.4 Å². The molecule has 1 aromatic carbocycles. The smallest absolute Gasteiger partial charge is 0.239 e. The Labute approximate surface area is 116 Å². The van der Waals surface area contributed by atoms with Crippen molar-refractivity contribution < 1.29 is 4.79 Å². The van der Waals surface area contributed by atoms with Crippen molar-refractivity contribution in [3.8, 4) is 0 Å². The second kappa shape index (κ2) is 5.18. The van der Waals surface area contributed by atoms with E-state index in [4.69, 9.17) is 5.73 Å². The number of carbonyl (C=O) groups is 1. The molecule has 0 spiro atoms. The summed E-state index contributed by atoms with van der Waals surface area (Å²) in [5.74, 6) is 0.0707. The largest absolute Gasteiger partial charge is 0.398 e. The minimum absolute atomic E-state index is 0.0707. The third-order valence-electron chi connectivity index (χ3n) is 3.07. The van der Waals surface area contributed by atoms with E-state index in [-0.39, 0.29) is 5.91 Å². The van der Waals surface area contributed by atoms with Gasteiger partial charge in [0.1, 0.15) is 0 Å². The van der Waals surface area contributed by atoms with Gasteiger partial charge < -0.3 is 16.0 Å². The molecule has 0 unspecified atom stereocenters. The fourth-order valence-electron chi connectivity index (χ4n) is 1.78. The lowest BCUT2D eigenvalue weighted by atomic mass is 10.1. The van der Waals surface area contributed by atoms with Crippen LogP contribution < -0.4 is 16.0 Å². The fraction of sp³-hybridized carbons (Fsp3) is 0.462. The molecule has 1 aliphatic rings. The van der Waals surface area contributed by atoms with Crippen molar-refractivity contribution in [2.75, 3.05) is 24.2 Å². The minimum Gasteiger partial charge on any atom is -0.398 e. The summed E-state index contributed by atoms with van der Waals surface area (Å²) in [5.41, 5.74) is 8.58. The Morgan fingerprint density at radius 2 is 2.22 bits per heavy atom. The number of nitrogens with one attached hydrogen (secondary N) is 1. The normalized spacial score (nSPS) is 14.4. The molecule has 1 saturated carbocycles. The first kappa shape index (κ1) is 13.2. The molecule has 0 heterocycles. The molecule has 0 saturated heterocycles. The maximum Gasteiger partial charge on any atom is 0.239 e. The number of nitrogen functional groups attached to an aromatic ring is 1. The quantitative estimate of drug-likeness (QED) is 0.837. The van der Waals surface area contributed by atoms with Crippen LogP contribution in [0, 0.1) is 6.92 Å². The van der Waals surface area contributed by atoms with Gasteiger partial charge in [0.25, 0.3) is 0 Å². The molecule has 0 aromatic heterocycles. The van der Waals surface area contributed by atoms with Gasteiger partial charge in [-0.15, -0.1) is 0 Å². The first-order valence-corrected chi connectivity index (χ1v) is 6.83. The standard InChI is InChI=1S/C13H18BrN3O/c1-8-5-12(10(14)6-11(8)15)17(2)7-13(18)16-9-3-4-9/h5-6,9H,3-4,7,15H2,1-2H3,(H,16,18). The lowest BCUT2D eigenvalue weighted by Crippen LogP contribution is -2.36. The summed E-state index contributed by atoms with van der Waals surface area (Å²) < 4.78 is 0.910. The van der Waals surface area contributed by atoms with E-state index in [9.17, 15) is 4.79 Å². The highest BCUT2D eigenvalue weighted by Crippen LogP contribution is 2.30. The van der Waals surface area contributed by atoms with Crippen molar-refractivity contribution in [3.63, 3.8) is 0 Å². The van der Waals surface area contributed by atoms with Gasteiger partial charge in [-0.25, -0.2) is 0 Å². The highest BCUT2D eigenvalue weighted by molar-refractivity contribution is 9.10. The Morgan fingerprint density at radius 3 is 2.83 bits per heavy atom. The van der Waals surface area contributed by atoms with Crippen molar-refractivity contribution in [1.29, 1.82) is 0 Å². The van der Waals surface area contributed by atoms with Crippen LogP contribution in [-0.4, -0.2) is 25.5 Å². The van der Waals surface area contributed by atoms with Gasteiger partial charge in [-0.1, -0.05) is 0 Å². The van der Waals surface area contributed by atoms with Crippen molar-refractivity contribution in [2.24, 2.45) is 0 Å². The highest BCUT2D eigenvalue weighted by Gasteiger charge is 2.23. The second-order valence-electron chi connectivity index (χ2n) is 4.86. The van der Waals surface area contributed by atoms with E-state index < -0.39 is 0 Å². The fourth-order valence-corrected chi connectivity index (χ4v) is 2.44. The number of benzene rings is 1. The summed E-state index contributed by atoms with van der Waals surface area (Å²) in [6.45, 7) is 2.32. The van der Waals surface area contributed by atoms with Crippen LogP contribution in [0.3, 0.4) is 0 Å². The monoisotopic (exact) mass is 311 g/mol. The summed E-state index contributed by atoms with van der Waals surface area (Å²) >= 11 is 3.48. The summed E-state index contributed by atoms with van der Waals surface area (Å²) in [6, 6.07) is 4.27. The molecule has 1 aromatic rings. The van der Waals surface area contributed by atoms with Gasteiger partial charge in [-0.3, -0.25) is 4.79 Å². The highest BCUT2D eigenvalue weighted by atomic mass is 79.9. The van der Waals surface area contributed by atoms with E-state index in [0.717, 1.165) is 34.3 Å². The van der Waals surface area contributed by atoms with Crippen LogP contribution in [0.5, 0.6) is 0 Å². The Kier molecular flexibility index (Phi) is 3.80. The first-order valence-electron chi connectivity index (χ1n) is 6.03. The molecule has 0 radical (unpaired) electrons. The number of nitrogens with zero attached hydrogens (tertiary/aromatic N) is 1. The summed E-state index contributed by atoms with van der Waals surface area (Å²) in [6.07, 6.45) is 2.22.